The molecule has 0 aromatic rings. The molecule has 0 spiro atoms. The van der Waals surface area contributed by atoms with E-state index in [9.17, 15) is 19.8 Å². The van der Waals surface area contributed by atoms with Gasteiger partial charge in [0.1, 0.15) is 0 Å². The number of esters is 1. The second-order valence-corrected chi connectivity index (χ2v) is 18.6. The lowest BCUT2D eigenvalue weighted by Gasteiger charge is -2.22. The number of allylic oxidation sites excluding steroid dienone is 4. The van der Waals surface area contributed by atoms with Crippen molar-refractivity contribution in [2.75, 3.05) is 13.2 Å². The first-order valence-electron chi connectivity index (χ1n) is 27.1. The molecule has 0 aliphatic rings. The fourth-order valence-electron chi connectivity index (χ4n) is 8.30. The molecule has 6 nitrogen and oxygen atoms in total. The van der Waals surface area contributed by atoms with E-state index in [2.05, 4.69) is 43.5 Å². The van der Waals surface area contributed by atoms with Crippen molar-refractivity contribution in [3.05, 3.63) is 24.3 Å². The van der Waals surface area contributed by atoms with E-state index in [4.69, 9.17) is 4.74 Å². The minimum atomic E-state index is -0.683. The third-order valence-electron chi connectivity index (χ3n) is 12.5. The largest absolute Gasteiger partial charge is 0.466 e. The van der Waals surface area contributed by atoms with Crippen LogP contribution in [0.1, 0.15) is 290 Å². The molecule has 6 heteroatoms. The van der Waals surface area contributed by atoms with Crippen molar-refractivity contribution in [3.8, 4) is 0 Å². The molecule has 0 radical (unpaired) electrons. The molecule has 3 N–H and O–H groups in total. The monoisotopic (exact) mass is 860 g/mol. The number of hydrogen-bond acceptors (Lipinski definition) is 5. The summed E-state index contributed by atoms with van der Waals surface area (Å²) in [5, 5.41) is 23.3. The molecule has 0 aromatic carbocycles. The van der Waals surface area contributed by atoms with E-state index in [1.807, 2.05) is 0 Å². The van der Waals surface area contributed by atoms with Crippen LogP contribution < -0.4 is 5.32 Å². The highest BCUT2D eigenvalue weighted by atomic mass is 16.5. The zero-order valence-corrected chi connectivity index (χ0v) is 40.9. The zero-order valence-electron chi connectivity index (χ0n) is 40.9. The van der Waals surface area contributed by atoms with Crippen molar-refractivity contribution in [3.63, 3.8) is 0 Å². The maximum absolute atomic E-state index is 12.5. The van der Waals surface area contributed by atoms with Crippen LogP contribution in [0.3, 0.4) is 0 Å². The summed E-state index contributed by atoms with van der Waals surface area (Å²) in [5.41, 5.74) is 0. The molecule has 2 atom stereocenters. The minimum Gasteiger partial charge on any atom is -0.466 e. The van der Waals surface area contributed by atoms with E-state index in [-0.39, 0.29) is 18.5 Å². The van der Waals surface area contributed by atoms with Crippen molar-refractivity contribution < 1.29 is 24.5 Å². The molecule has 0 saturated carbocycles. The van der Waals surface area contributed by atoms with Gasteiger partial charge >= 0.3 is 5.97 Å². The number of carbonyl (C=O) groups is 2. The normalized spacial score (nSPS) is 12.8. The molecule has 0 heterocycles. The lowest BCUT2D eigenvalue weighted by atomic mass is 10.0. The van der Waals surface area contributed by atoms with Crippen LogP contribution in [0, 0.1) is 0 Å². The van der Waals surface area contributed by atoms with Gasteiger partial charge < -0.3 is 20.3 Å². The number of carbonyl (C=O) groups excluding carboxylic acids is 2. The molecular weight excluding hydrogens is 755 g/mol. The number of amides is 1. The highest BCUT2D eigenvalue weighted by molar-refractivity contribution is 5.76. The molecule has 2 unspecified atom stereocenters. The molecule has 0 fully saturated rings. The predicted octanol–water partition coefficient (Wildman–Crippen LogP) is 16.3. The Hall–Kier alpha value is -1.66. The fraction of sp³-hybridized carbons (Fsp3) is 0.891. The Balaban J connectivity index is 3.49. The van der Waals surface area contributed by atoms with Gasteiger partial charge in [-0.05, 0) is 51.4 Å². The van der Waals surface area contributed by atoms with Crippen LogP contribution >= 0.6 is 0 Å². The van der Waals surface area contributed by atoms with Gasteiger partial charge in [0, 0.05) is 12.8 Å². The predicted molar refractivity (Wildman–Crippen MR) is 264 cm³/mol. The summed E-state index contributed by atoms with van der Waals surface area (Å²) >= 11 is 0. The first-order valence-corrected chi connectivity index (χ1v) is 27.1. The molecule has 0 aromatic heterocycles. The molecular formula is C55H105NO5. The lowest BCUT2D eigenvalue weighted by Crippen LogP contribution is -2.45. The number of rotatable bonds is 50. The highest BCUT2D eigenvalue weighted by Crippen LogP contribution is 2.17. The third kappa shape index (κ3) is 47.7. The van der Waals surface area contributed by atoms with Gasteiger partial charge in [0.2, 0.25) is 5.91 Å². The molecule has 0 aliphatic carbocycles. The quantitative estimate of drug-likeness (QED) is 0.0322. The second-order valence-electron chi connectivity index (χ2n) is 18.6. The molecule has 61 heavy (non-hydrogen) atoms. The maximum atomic E-state index is 12.5. The van der Waals surface area contributed by atoms with Gasteiger partial charge in [-0.2, -0.15) is 0 Å². The third-order valence-corrected chi connectivity index (χ3v) is 12.5. The van der Waals surface area contributed by atoms with Crippen LogP contribution in [0.2, 0.25) is 0 Å². The highest BCUT2D eigenvalue weighted by Gasteiger charge is 2.20. The topological polar surface area (TPSA) is 95.9 Å². The van der Waals surface area contributed by atoms with Gasteiger partial charge in [0.25, 0.3) is 0 Å². The first-order chi connectivity index (χ1) is 30.0. The Morgan fingerprint density at radius 1 is 0.459 bits per heavy atom. The molecule has 360 valence electrons. The number of nitrogens with one attached hydrogen (secondary N) is 1. The van der Waals surface area contributed by atoms with E-state index in [0.717, 1.165) is 70.6 Å². The van der Waals surface area contributed by atoms with Gasteiger partial charge in [-0.25, -0.2) is 0 Å². The van der Waals surface area contributed by atoms with Crippen LogP contribution in [0.15, 0.2) is 24.3 Å². The van der Waals surface area contributed by atoms with Crippen molar-refractivity contribution in [1.82, 2.24) is 5.32 Å². The average molecular weight is 860 g/mol. The van der Waals surface area contributed by atoms with Crippen LogP contribution in [0.5, 0.6) is 0 Å². The SMILES string of the molecule is CCCC/C=C\C/C=C\CCCCCCCC(=O)OCCCCCCCCCCCC(=O)NC(CO)C(O)CCCCCCCCCCCCCCCCCCCCCCC. The Morgan fingerprint density at radius 3 is 1.30 bits per heavy atom. The summed E-state index contributed by atoms with van der Waals surface area (Å²) < 4.78 is 5.44. The van der Waals surface area contributed by atoms with E-state index in [1.165, 1.54) is 186 Å². The summed E-state index contributed by atoms with van der Waals surface area (Å²) in [5.74, 6) is -0.101. The lowest BCUT2D eigenvalue weighted by molar-refractivity contribution is -0.143. The summed E-state index contributed by atoms with van der Waals surface area (Å²) in [6.45, 7) is 4.85. The van der Waals surface area contributed by atoms with Crippen molar-refractivity contribution in [2.45, 2.75) is 302 Å². The number of aliphatic hydroxyl groups is 2. The maximum Gasteiger partial charge on any atom is 0.305 e. The zero-order chi connectivity index (χ0) is 44.4. The van der Waals surface area contributed by atoms with Gasteiger partial charge in [-0.15, -0.1) is 0 Å². The summed E-state index contributed by atoms with van der Waals surface area (Å²) in [6, 6.07) is -0.563. The fourth-order valence-corrected chi connectivity index (χ4v) is 8.30. The second kappa shape index (κ2) is 51.0. The Kier molecular flexibility index (Phi) is 49.6. The van der Waals surface area contributed by atoms with Gasteiger partial charge in [0.15, 0.2) is 0 Å². The van der Waals surface area contributed by atoms with E-state index in [0.29, 0.717) is 25.9 Å². The van der Waals surface area contributed by atoms with Crippen LogP contribution in [-0.2, 0) is 14.3 Å². The van der Waals surface area contributed by atoms with Crippen LogP contribution in [0.25, 0.3) is 0 Å². The van der Waals surface area contributed by atoms with Gasteiger partial charge in [-0.1, -0.05) is 250 Å². The Labute approximate surface area is 380 Å². The number of aliphatic hydroxyl groups excluding tert-OH is 2. The van der Waals surface area contributed by atoms with Crippen LogP contribution in [0.4, 0.5) is 0 Å². The van der Waals surface area contributed by atoms with E-state index < -0.39 is 12.1 Å². The van der Waals surface area contributed by atoms with E-state index in [1.54, 1.807) is 0 Å². The van der Waals surface area contributed by atoms with Crippen molar-refractivity contribution in [2.24, 2.45) is 0 Å². The molecule has 0 saturated heterocycles. The van der Waals surface area contributed by atoms with E-state index >= 15 is 0 Å². The first kappa shape index (κ1) is 59.3. The van der Waals surface area contributed by atoms with Crippen LogP contribution in [-0.4, -0.2) is 47.4 Å². The Bertz CT molecular complexity index is 951. The summed E-state index contributed by atoms with van der Waals surface area (Å²) in [7, 11) is 0. The molecule has 0 aliphatic heterocycles. The minimum absolute atomic E-state index is 0.0389. The summed E-state index contributed by atoms with van der Waals surface area (Å²) in [6.07, 6.45) is 60.1. The number of ether oxygens (including phenoxy) is 1. The van der Waals surface area contributed by atoms with Gasteiger partial charge in [0.05, 0.1) is 25.4 Å². The molecule has 0 rings (SSSR count). The Morgan fingerprint density at radius 2 is 0.836 bits per heavy atom. The summed E-state index contributed by atoms with van der Waals surface area (Å²) in [4.78, 5) is 24.5. The van der Waals surface area contributed by atoms with Crippen molar-refractivity contribution >= 4 is 11.9 Å². The molecule has 1 amide bonds. The molecule has 0 bridgehead atoms. The smallest absolute Gasteiger partial charge is 0.305 e. The van der Waals surface area contributed by atoms with Crippen molar-refractivity contribution in [1.29, 1.82) is 0 Å². The standard InChI is InChI=1S/C55H105NO5/c1-3-5-7-9-11-13-15-17-19-20-21-22-23-24-25-26-28-31-35-39-43-47-53(58)52(51-57)56-54(59)48-44-40-36-32-30-34-38-42-46-50-61-55(60)49-45-41-37-33-29-27-18-16-14-12-10-8-6-4-2/h10,12,16,18,52-53,57-58H,3-9,11,13-15,17,19-51H2,1-2H3,(H,56,59)/b12-10-,18-16-. The van der Waals surface area contributed by atoms with Gasteiger partial charge in [-0.3, -0.25) is 9.59 Å². The number of hydrogen-bond donors (Lipinski definition) is 3. The average Bonchev–Trinajstić information content (AvgIpc) is 3.26. The number of unbranched alkanes of at least 4 members (excludes halogenated alkanes) is 35.